The smallest absolute Gasteiger partial charge is 0.266 e. The molecule has 0 bridgehead atoms. The van der Waals surface area contributed by atoms with E-state index in [0.29, 0.717) is 26.2 Å². The lowest BCUT2D eigenvalue weighted by Gasteiger charge is -2.34. The van der Waals surface area contributed by atoms with Gasteiger partial charge in [-0.2, -0.15) is 5.10 Å². The maximum absolute atomic E-state index is 12.6. The molecule has 29 heavy (non-hydrogen) atoms. The summed E-state index contributed by atoms with van der Waals surface area (Å²) in [6, 6.07) is 7.04. The van der Waals surface area contributed by atoms with Gasteiger partial charge >= 0.3 is 0 Å². The van der Waals surface area contributed by atoms with Gasteiger partial charge in [0.05, 0.1) is 23.4 Å². The van der Waals surface area contributed by atoms with Crippen LogP contribution in [0.4, 0.5) is 0 Å². The summed E-state index contributed by atoms with van der Waals surface area (Å²) < 4.78 is 1.50. The van der Waals surface area contributed by atoms with Gasteiger partial charge in [0.2, 0.25) is 0 Å². The normalized spacial score (nSPS) is 14.9. The van der Waals surface area contributed by atoms with Crippen LogP contribution in [-0.2, 0) is 6.54 Å². The van der Waals surface area contributed by atoms with E-state index in [0.717, 1.165) is 34.9 Å². The quantitative estimate of drug-likeness (QED) is 0.634. The highest BCUT2D eigenvalue weighted by atomic mass is 32.1. The van der Waals surface area contributed by atoms with Gasteiger partial charge in [0.25, 0.3) is 11.5 Å². The Bertz CT molecular complexity index is 1040. The number of hydrogen-bond donors (Lipinski definition) is 0. The Morgan fingerprint density at radius 1 is 1.14 bits per heavy atom. The van der Waals surface area contributed by atoms with Gasteiger partial charge in [0, 0.05) is 56.7 Å². The van der Waals surface area contributed by atoms with E-state index in [9.17, 15) is 9.59 Å². The van der Waals surface area contributed by atoms with E-state index in [1.807, 2.05) is 24.0 Å². The molecule has 150 valence electrons. The first-order valence-electron chi connectivity index (χ1n) is 9.52. The monoisotopic (exact) mass is 410 g/mol. The van der Waals surface area contributed by atoms with E-state index in [4.69, 9.17) is 0 Å². The van der Waals surface area contributed by atoms with Gasteiger partial charge in [-0.15, -0.1) is 11.3 Å². The SMILES string of the molecule is Cc1ncsc1C(=O)N1CCN(CCn2nc(-c3cccnc3)ccc2=O)CC1. The van der Waals surface area contributed by atoms with Crippen molar-refractivity contribution in [2.75, 3.05) is 32.7 Å². The first-order chi connectivity index (χ1) is 14.1. The van der Waals surface area contributed by atoms with Gasteiger partial charge in [-0.3, -0.25) is 19.5 Å². The molecule has 9 heteroatoms. The van der Waals surface area contributed by atoms with Crippen molar-refractivity contribution in [2.24, 2.45) is 0 Å². The molecule has 0 atom stereocenters. The largest absolute Gasteiger partial charge is 0.335 e. The Kier molecular flexibility index (Phi) is 5.77. The highest BCUT2D eigenvalue weighted by Gasteiger charge is 2.24. The van der Waals surface area contributed by atoms with Crippen LogP contribution in [0, 0.1) is 6.92 Å². The van der Waals surface area contributed by atoms with Crippen molar-refractivity contribution in [2.45, 2.75) is 13.5 Å². The van der Waals surface area contributed by atoms with Crippen molar-refractivity contribution in [1.29, 1.82) is 0 Å². The molecular formula is C20H22N6O2S. The zero-order valence-corrected chi connectivity index (χ0v) is 17.0. The molecule has 0 spiro atoms. The summed E-state index contributed by atoms with van der Waals surface area (Å²) in [7, 11) is 0. The summed E-state index contributed by atoms with van der Waals surface area (Å²) in [5, 5.41) is 4.48. The standard InChI is InChI=1S/C20H22N6O2S/c1-15-19(29-14-22-15)20(28)25-10-7-24(8-11-25)9-12-26-18(27)5-4-17(23-26)16-3-2-6-21-13-16/h2-6,13-14H,7-12H2,1H3. The second-order valence-corrected chi connectivity index (χ2v) is 7.78. The minimum Gasteiger partial charge on any atom is -0.335 e. The van der Waals surface area contributed by atoms with Crippen molar-refractivity contribution in [3.63, 3.8) is 0 Å². The topological polar surface area (TPSA) is 84.2 Å². The number of hydrogen-bond acceptors (Lipinski definition) is 7. The molecule has 0 aromatic carbocycles. The summed E-state index contributed by atoms with van der Waals surface area (Å²) in [6.07, 6.45) is 3.44. The summed E-state index contributed by atoms with van der Waals surface area (Å²) in [5.41, 5.74) is 4.00. The fraction of sp³-hybridized carbons (Fsp3) is 0.350. The fourth-order valence-corrected chi connectivity index (χ4v) is 4.11. The van der Waals surface area contributed by atoms with Gasteiger partial charge in [-0.25, -0.2) is 9.67 Å². The summed E-state index contributed by atoms with van der Waals surface area (Å²) in [6.45, 7) is 5.99. The molecule has 0 N–H and O–H groups in total. The number of piperazine rings is 1. The molecule has 0 unspecified atom stereocenters. The highest BCUT2D eigenvalue weighted by Crippen LogP contribution is 2.16. The van der Waals surface area contributed by atoms with E-state index in [2.05, 4.69) is 20.0 Å². The minimum absolute atomic E-state index is 0.0618. The third-order valence-corrected chi connectivity index (χ3v) is 5.97. The molecular weight excluding hydrogens is 388 g/mol. The molecule has 0 saturated carbocycles. The Hall–Kier alpha value is -2.91. The number of nitrogens with zero attached hydrogens (tertiary/aromatic N) is 6. The van der Waals surface area contributed by atoms with E-state index in [-0.39, 0.29) is 11.5 Å². The van der Waals surface area contributed by atoms with Gasteiger partial charge in [0.1, 0.15) is 4.88 Å². The maximum atomic E-state index is 12.6. The fourth-order valence-electron chi connectivity index (χ4n) is 3.34. The van der Waals surface area contributed by atoms with Gasteiger partial charge < -0.3 is 4.90 Å². The third kappa shape index (κ3) is 4.41. The van der Waals surface area contributed by atoms with Crippen LogP contribution in [0.5, 0.6) is 0 Å². The van der Waals surface area contributed by atoms with Crippen molar-refractivity contribution < 1.29 is 4.79 Å². The third-order valence-electron chi connectivity index (χ3n) is 5.05. The second-order valence-electron chi connectivity index (χ2n) is 6.92. The summed E-state index contributed by atoms with van der Waals surface area (Å²) in [5.74, 6) is 0.0618. The maximum Gasteiger partial charge on any atom is 0.266 e. The zero-order chi connectivity index (χ0) is 20.2. The van der Waals surface area contributed by atoms with Gasteiger partial charge in [-0.1, -0.05) is 0 Å². The molecule has 4 rings (SSSR count). The van der Waals surface area contributed by atoms with Gasteiger partial charge in [-0.05, 0) is 25.1 Å². The Balaban J connectivity index is 1.34. The number of aromatic nitrogens is 4. The lowest BCUT2D eigenvalue weighted by atomic mass is 10.2. The number of pyridine rings is 1. The summed E-state index contributed by atoms with van der Waals surface area (Å²) in [4.78, 5) is 37.9. The van der Waals surface area contributed by atoms with Crippen LogP contribution in [0.3, 0.4) is 0 Å². The molecule has 3 aromatic rings. The number of rotatable bonds is 5. The van der Waals surface area contributed by atoms with Crippen molar-refractivity contribution >= 4 is 17.2 Å². The van der Waals surface area contributed by atoms with Crippen LogP contribution < -0.4 is 5.56 Å². The van der Waals surface area contributed by atoms with Crippen LogP contribution in [0.15, 0.2) is 47.0 Å². The van der Waals surface area contributed by atoms with E-state index < -0.39 is 0 Å². The van der Waals surface area contributed by atoms with E-state index >= 15 is 0 Å². The molecule has 1 aliphatic heterocycles. The average Bonchev–Trinajstić information content (AvgIpc) is 3.19. The molecule has 1 amide bonds. The van der Waals surface area contributed by atoms with Crippen LogP contribution >= 0.6 is 11.3 Å². The second kappa shape index (κ2) is 8.62. The molecule has 1 aliphatic rings. The van der Waals surface area contributed by atoms with Crippen LogP contribution in [0.2, 0.25) is 0 Å². The van der Waals surface area contributed by atoms with Crippen molar-refractivity contribution in [1.82, 2.24) is 29.5 Å². The first-order valence-corrected chi connectivity index (χ1v) is 10.4. The van der Waals surface area contributed by atoms with Crippen LogP contribution in [-0.4, -0.2) is 68.2 Å². The Morgan fingerprint density at radius 2 is 1.97 bits per heavy atom. The predicted octanol–water partition coefficient (Wildman–Crippen LogP) is 1.53. The molecule has 4 heterocycles. The molecule has 0 aliphatic carbocycles. The molecule has 0 radical (unpaired) electrons. The number of amides is 1. The zero-order valence-electron chi connectivity index (χ0n) is 16.2. The lowest BCUT2D eigenvalue weighted by Crippen LogP contribution is -2.49. The highest BCUT2D eigenvalue weighted by molar-refractivity contribution is 7.11. The van der Waals surface area contributed by atoms with Crippen LogP contribution in [0.1, 0.15) is 15.4 Å². The molecule has 1 saturated heterocycles. The Morgan fingerprint density at radius 3 is 2.66 bits per heavy atom. The first kappa shape index (κ1) is 19.4. The lowest BCUT2D eigenvalue weighted by molar-refractivity contribution is 0.0635. The van der Waals surface area contributed by atoms with E-state index in [1.165, 1.54) is 16.0 Å². The number of thiazole rings is 1. The number of aryl methyl sites for hydroxylation is 1. The number of carbonyl (C=O) groups excluding carboxylic acids is 1. The van der Waals surface area contributed by atoms with Crippen molar-refractivity contribution in [3.05, 3.63) is 63.1 Å². The predicted molar refractivity (Wildman–Crippen MR) is 111 cm³/mol. The average molecular weight is 411 g/mol. The number of carbonyl (C=O) groups is 1. The molecule has 1 fully saturated rings. The van der Waals surface area contributed by atoms with Gasteiger partial charge in [0.15, 0.2) is 0 Å². The van der Waals surface area contributed by atoms with Crippen LogP contribution in [0.25, 0.3) is 11.3 Å². The van der Waals surface area contributed by atoms with Crippen molar-refractivity contribution in [3.8, 4) is 11.3 Å². The molecule has 8 nitrogen and oxygen atoms in total. The minimum atomic E-state index is -0.118. The van der Waals surface area contributed by atoms with E-state index in [1.54, 1.807) is 30.0 Å². The molecule has 3 aromatic heterocycles. The Labute approximate surface area is 172 Å². The summed E-state index contributed by atoms with van der Waals surface area (Å²) >= 11 is 1.39.